The van der Waals surface area contributed by atoms with Gasteiger partial charge in [0, 0.05) is 11.6 Å². The summed E-state index contributed by atoms with van der Waals surface area (Å²) in [6.07, 6.45) is -0.548. The molecule has 6 nitrogen and oxygen atoms in total. The Labute approximate surface area is 127 Å². The summed E-state index contributed by atoms with van der Waals surface area (Å²) in [6, 6.07) is 10.9. The van der Waals surface area contributed by atoms with Crippen LogP contribution >= 0.6 is 11.6 Å². The smallest absolute Gasteiger partial charge is 0.412 e. The maximum atomic E-state index is 11.2. The second-order valence-corrected chi connectivity index (χ2v) is 4.57. The average molecular weight is 307 g/mol. The van der Waals surface area contributed by atoms with Gasteiger partial charge in [-0.05, 0) is 36.8 Å². The number of hydrogen-bond acceptors (Lipinski definition) is 5. The summed E-state index contributed by atoms with van der Waals surface area (Å²) in [5.74, 6) is 0.949. The number of rotatable bonds is 5. The highest BCUT2D eigenvalue weighted by molar-refractivity contribution is 6.30. The van der Waals surface area contributed by atoms with Gasteiger partial charge < -0.3 is 10.1 Å². The topological polar surface area (TPSA) is 76.1 Å². The Bertz CT molecular complexity index is 587. The molecule has 0 spiro atoms. The van der Waals surface area contributed by atoms with Gasteiger partial charge in [0.25, 0.3) is 0 Å². The van der Waals surface area contributed by atoms with Gasteiger partial charge in [-0.2, -0.15) is 0 Å². The molecule has 1 heterocycles. The van der Waals surface area contributed by atoms with Gasteiger partial charge in [-0.15, -0.1) is 10.2 Å². The lowest BCUT2D eigenvalue weighted by atomic mass is 10.2. The van der Waals surface area contributed by atoms with E-state index in [1.54, 1.807) is 19.1 Å². The van der Waals surface area contributed by atoms with E-state index in [0.29, 0.717) is 29.8 Å². The van der Waals surface area contributed by atoms with Crippen LogP contribution in [0.2, 0.25) is 5.02 Å². The molecular formula is C14H15ClN4O2. The van der Waals surface area contributed by atoms with Crippen molar-refractivity contribution in [2.24, 2.45) is 0 Å². The molecule has 0 unspecified atom stereocenters. The monoisotopic (exact) mass is 306 g/mol. The van der Waals surface area contributed by atoms with Crippen molar-refractivity contribution in [3.63, 3.8) is 0 Å². The Hall–Kier alpha value is -2.34. The fraction of sp³-hybridized carbons (Fsp3) is 0.214. The molecule has 0 aliphatic heterocycles. The number of aromatic nitrogens is 2. The average Bonchev–Trinajstić information content (AvgIpc) is 2.48. The van der Waals surface area contributed by atoms with Gasteiger partial charge in [-0.25, -0.2) is 4.79 Å². The summed E-state index contributed by atoms with van der Waals surface area (Å²) in [6.45, 7) is 2.64. The molecule has 7 heteroatoms. The zero-order valence-corrected chi connectivity index (χ0v) is 12.2. The van der Waals surface area contributed by atoms with Crippen molar-refractivity contribution in [3.8, 4) is 0 Å². The van der Waals surface area contributed by atoms with Crippen LogP contribution in [0.1, 0.15) is 12.5 Å². The van der Waals surface area contributed by atoms with Crippen molar-refractivity contribution < 1.29 is 9.53 Å². The highest BCUT2D eigenvalue weighted by atomic mass is 35.5. The first-order valence-electron chi connectivity index (χ1n) is 6.43. The molecular weight excluding hydrogens is 292 g/mol. The molecule has 0 saturated carbocycles. The predicted molar refractivity (Wildman–Crippen MR) is 81.5 cm³/mol. The highest BCUT2D eigenvalue weighted by Gasteiger charge is 2.03. The summed E-state index contributed by atoms with van der Waals surface area (Å²) in [7, 11) is 0. The zero-order chi connectivity index (χ0) is 15.1. The lowest BCUT2D eigenvalue weighted by Crippen LogP contribution is -2.14. The van der Waals surface area contributed by atoms with E-state index < -0.39 is 6.09 Å². The Kier molecular flexibility index (Phi) is 5.34. The summed E-state index contributed by atoms with van der Waals surface area (Å²) in [5, 5.41) is 14.1. The number of halogens is 1. The van der Waals surface area contributed by atoms with E-state index in [9.17, 15) is 4.79 Å². The number of nitrogens with one attached hydrogen (secondary N) is 2. The number of hydrogen-bond donors (Lipinski definition) is 2. The standard InChI is InChI=1S/C14H15ClN4O2/c1-2-21-14(20)17-13-8-7-12(18-19-13)16-9-10-3-5-11(15)6-4-10/h3-8H,2,9H2,1H3,(H,16,18)(H,17,19,20). The number of benzene rings is 1. The van der Waals surface area contributed by atoms with Gasteiger partial charge >= 0.3 is 6.09 Å². The van der Waals surface area contributed by atoms with Crippen LogP contribution in [0, 0.1) is 0 Å². The summed E-state index contributed by atoms with van der Waals surface area (Å²) >= 11 is 5.82. The van der Waals surface area contributed by atoms with Gasteiger partial charge in [-0.3, -0.25) is 5.32 Å². The van der Waals surface area contributed by atoms with Gasteiger partial charge in [0.05, 0.1) is 6.61 Å². The molecule has 0 radical (unpaired) electrons. The van der Waals surface area contributed by atoms with Crippen LogP contribution in [0.3, 0.4) is 0 Å². The molecule has 21 heavy (non-hydrogen) atoms. The van der Waals surface area contributed by atoms with E-state index in [2.05, 4.69) is 20.8 Å². The molecule has 1 amide bonds. The number of carbonyl (C=O) groups is 1. The van der Waals surface area contributed by atoms with E-state index in [0.717, 1.165) is 5.56 Å². The van der Waals surface area contributed by atoms with Crippen molar-refractivity contribution in [2.45, 2.75) is 13.5 Å². The maximum absolute atomic E-state index is 11.2. The van der Waals surface area contributed by atoms with Crippen LogP contribution in [0.15, 0.2) is 36.4 Å². The number of carbonyl (C=O) groups excluding carboxylic acids is 1. The Morgan fingerprint density at radius 1 is 1.14 bits per heavy atom. The molecule has 0 aliphatic rings. The second kappa shape index (κ2) is 7.44. The lowest BCUT2D eigenvalue weighted by molar-refractivity contribution is 0.168. The SMILES string of the molecule is CCOC(=O)Nc1ccc(NCc2ccc(Cl)cc2)nn1. The molecule has 0 saturated heterocycles. The van der Waals surface area contributed by atoms with Crippen molar-refractivity contribution >= 4 is 29.3 Å². The first-order chi connectivity index (χ1) is 10.2. The Morgan fingerprint density at radius 3 is 2.43 bits per heavy atom. The third-order valence-electron chi connectivity index (χ3n) is 2.56. The van der Waals surface area contributed by atoms with Crippen molar-refractivity contribution in [1.29, 1.82) is 0 Å². The number of ether oxygens (including phenoxy) is 1. The van der Waals surface area contributed by atoms with E-state index in [-0.39, 0.29) is 0 Å². The molecule has 0 aliphatic carbocycles. The zero-order valence-electron chi connectivity index (χ0n) is 11.5. The minimum Gasteiger partial charge on any atom is -0.450 e. The van der Waals surface area contributed by atoms with Crippen LogP contribution < -0.4 is 10.6 Å². The molecule has 0 bridgehead atoms. The number of amides is 1. The minimum absolute atomic E-state index is 0.306. The molecule has 0 fully saturated rings. The summed E-state index contributed by atoms with van der Waals surface area (Å²) < 4.78 is 4.75. The molecule has 1 aromatic carbocycles. The first-order valence-corrected chi connectivity index (χ1v) is 6.81. The molecule has 2 N–H and O–H groups in total. The quantitative estimate of drug-likeness (QED) is 0.886. The van der Waals surface area contributed by atoms with Crippen LogP contribution in [0.5, 0.6) is 0 Å². The first kappa shape index (κ1) is 15.1. The fourth-order valence-electron chi connectivity index (χ4n) is 1.56. The predicted octanol–water partition coefficient (Wildman–Crippen LogP) is 3.31. The van der Waals surface area contributed by atoms with Crippen molar-refractivity contribution in [3.05, 3.63) is 47.0 Å². The van der Waals surface area contributed by atoms with E-state index >= 15 is 0 Å². The Morgan fingerprint density at radius 2 is 1.81 bits per heavy atom. The Balaban J connectivity index is 1.87. The van der Waals surface area contributed by atoms with Crippen LogP contribution in [0.4, 0.5) is 16.4 Å². The van der Waals surface area contributed by atoms with Crippen molar-refractivity contribution in [1.82, 2.24) is 10.2 Å². The van der Waals surface area contributed by atoms with E-state index in [4.69, 9.17) is 16.3 Å². The van der Waals surface area contributed by atoms with Crippen LogP contribution in [0.25, 0.3) is 0 Å². The highest BCUT2D eigenvalue weighted by Crippen LogP contribution is 2.12. The van der Waals surface area contributed by atoms with E-state index in [1.807, 2.05) is 24.3 Å². The van der Waals surface area contributed by atoms with Gasteiger partial charge in [0.15, 0.2) is 5.82 Å². The molecule has 2 rings (SSSR count). The van der Waals surface area contributed by atoms with Gasteiger partial charge in [-0.1, -0.05) is 23.7 Å². The largest absolute Gasteiger partial charge is 0.450 e. The van der Waals surface area contributed by atoms with Crippen LogP contribution in [-0.4, -0.2) is 22.9 Å². The fourth-order valence-corrected chi connectivity index (χ4v) is 1.69. The summed E-state index contributed by atoms with van der Waals surface area (Å²) in [4.78, 5) is 11.2. The van der Waals surface area contributed by atoms with Crippen molar-refractivity contribution in [2.75, 3.05) is 17.2 Å². The third kappa shape index (κ3) is 4.92. The molecule has 2 aromatic rings. The maximum Gasteiger partial charge on any atom is 0.412 e. The van der Waals surface area contributed by atoms with Gasteiger partial charge in [0.1, 0.15) is 5.82 Å². The number of anilines is 2. The minimum atomic E-state index is -0.548. The van der Waals surface area contributed by atoms with E-state index in [1.165, 1.54) is 0 Å². The third-order valence-corrected chi connectivity index (χ3v) is 2.81. The molecule has 0 atom stereocenters. The van der Waals surface area contributed by atoms with Crippen LogP contribution in [-0.2, 0) is 11.3 Å². The van der Waals surface area contributed by atoms with Gasteiger partial charge in [0.2, 0.25) is 0 Å². The normalized spacial score (nSPS) is 10.0. The molecule has 110 valence electrons. The lowest BCUT2D eigenvalue weighted by Gasteiger charge is -2.07. The number of nitrogens with zero attached hydrogens (tertiary/aromatic N) is 2. The second-order valence-electron chi connectivity index (χ2n) is 4.13. The molecule has 1 aromatic heterocycles. The summed E-state index contributed by atoms with van der Waals surface area (Å²) in [5.41, 5.74) is 1.08.